The summed E-state index contributed by atoms with van der Waals surface area (Å²) in [5.41, 5.74) is 1.14. The molecule has 1 aliphatic rings. The number of hydrogen-bond donors (Lipinski definition) is 9. The predicted molar refractivity (Wildman–Crippen MR) is 248 cm³/mol. The molecule has 1 saturated heterocycles. The van der Waals surface area contributed by atoms with Crippen LogP contribution in [0.1, 0.15) is 78.2 Å². The highest BCUT2D eigenvalue weighted by Gasteiger charge is 2.34. The van der Waals surface area contributed by atoms with Crippen molar-refractivity contribution in [3.8, 4) is 0 Å². The molecule has 1 aliphatic heterocycles. The SMILES string of the molecule is C=C1NC(=O)CC[C@H](C(=O)O)NC(=O)[C@@H](C)[C@H](/C=C/C(C)=C/[C@H](C)[C@H](Cc2ccccc2)OC)NC(=O)[C@H](CCC(=O)OC)NC(=O)C[C@H](C(=O)O)NC(=O)[C@H](CCC(=O)OC)NC(=O)[C@@H](C)NC1=O. The van der Waals surface area contributed by atoms with Gasteiger partial charge >= 0.3 is 23.9 Å². The molecule has 2 rings (SSSR count). The van der Waals surface area contributed by atoms with E-state index in [9.17, 15) is 63.0 Å². The van der Waals surface area contributed by atoms with Crippen molar-refractivity contribution in [2.24, 2.45) is 11.8 Å². The lowest BCUT2D eigenvalue weighted by Crippen LogP contribution is -2.56. The van der Waals surface area contributed by atoms with Gasteiger partial charge in [0.2, 0.25) is 35.4 Å². The Bertz CT molecular complexity index is 2140. The van der Waals surface area contributed by atoms with Gasteiger partial charge in [-0.3, -0.25) is 43.2 Å². The fourth-order valence-electron chi connectivity index (χ4n) is 6.88. The first-order valence-corrected chi connectivity index (χ1v) is 22.3. The largest absolute Gasteiger partial charge is 0.480 e. The second kappa shape index (κ2) is 29.5. The van der Waals surface area contributed by atoms with E-state index >= 15 is 0 Å². The molecule has 0 radical (unpaired) electrons. The number of carbonyl (C=O) groups is 11. The first-order chi connectivity index (χ1) is 33.0. The Kier molecular flexibility index (Phi) is 24.7. The summed E-state index contributed by atoms with van der Waals surface area (Å²) >= 11 is 0. The maximum atomic E-state index is 14.1. The first kappa shape index (κ1) is 58.7. The van der Waals surface area contributed by atoms with E-state index in [4.69, 9.17) is 9.47 Å². The van der Waals surface area contributed by atoms with Crippen LogP contribution in [0.25, 0.3) is 0 Å². The van der Waals surface area contributed by atoms with Crippen molar-refractivity contribution >= 4 is 65.2 Å². The number of ether oxygens (including phenoxy) is 3. The van der Waals surface area contributed by atoms with Crippen LogP contribution in [0.5, 0.6) is 0 Å². The average molecular weight is 984 g/mol. The lowest BCUT2D eigenvalue weighted by atomic mass is 9.94. The molecule has 7 amide bonds. The summed E-state index contributed by atoms with van der Waals surface area (Å²) in [6, 6.07) is 0.0407. The molecule has 1 fully saturated rings. The molecule has 0 saturated carbocycles. The summed E-state index contributed by atoms with van der Waals surface area (Å²) < 4.78 is 15.1. The van der Waals surface area contributed by atoms with E-state index in [0.717, 1.165) is 19.8 Å². The van der Waals surface area contributed by atoms with E-state index in [-0.39, 0.29) is 12.0 Å². The third-order valence-corrected chi connectivity index (χ3v) is 11.1. The number of allylic oxidation sites excluding steroid dienone is 2. The van der Waals surface area contributed by atoms with E-state index in [2.05, 4.69) is 48.5 Å². The zero-order chi connectivity index (χ0) is 52.7. The van der Waals surface area contributed by atoms with Crippen molar-refractivity contribution < 1.29 is 77.2 Å². The van der Waals surface area contributed by atoms with E-state index in [0.29, 0.717) is 12.0 Å². The van der Waals surface area contributed by atoms with E-state index < -0.39 is 158 Å². The predicted octanol–water partition coefficient (Wildman–Crippen LogP) is -0.163. The number of benzene rings is 1. The summed E-state index contributed by atoms with van der Waals surface area (Å²) in [6.45, 7) is 9.73. The second-order valence-electron chi connectivity index (χ2n) is 16.6. The molecular weight excluding hydrogens is 919 g/mol. The molecular formula is C47H65N7O16. The number of esters is 2. The topological polar surface area (TPSA) is 340 Å². The van der Waals surface area contributed by atoms with Crippen LogP contribution in [-0.2, 0) is 73.4 Å². The molecule has 1 aromatic carbocycles. The van der Waals surface area contributed by atoms with Gasteiger partial charge < -0.3 is 61.6 Å². The molecule has 23 nitrogen and oxygen atoms in total. The van der Waals surface area contributed by atoms with Crippen molar-refractivity contribution in [1.29, 1.82) is 0 Å². The average Bonchev–Trinajstić information content (AvgIpc) is 3.31. The van der Waals surface area contributed by atoms with Crippen molar-refractivity contribution in [3.63, 3.8) is 0 Å². The normalized spacial score (nSPS) is 24.1. The van der Waals surface area contributed by atoms with E-state index in [1.807, 2.05) is 43.3 Å². The Balaban J connectivity index is 2.66. The zero-order valence-corrected chi connectivity index (χ0v) is 40.3. The Morgan fingerprint density at radius 1 is 0.743 bits per heavy atom. The molecule has 23 heteroatoms. The maximum Gasteiger partial charge on any atom is 0.326 e. The smallest absolute Gasteiger partial charge is 0.326 e. The number of carbonyl (C=O) groups excluding carboxylic acids is 9. The van der Waals surface area contributed by atoms with Gasteiger partial charge in [-0.1, -0.05) is 74.6 Å². The number of aliphatic carboxylic acids is 2. The highest BCUT2D eigenvalue weighted by molar-refractivity contribution is 6.00. The molecule has 0 bridgehead atoms. The van der Waals surface area contributed by atoms with E-state index in [1.165, 1.54) is 19.9 Å². The molecule has 1 aromatic rings. The van der Waals surface area contributed by atoms with Crippen LogP contribution in [0.3, 0.4) is 0 Å². The maximum absolute atomic E-state index is 14.1. The van der Waals surface area contributed by atoms with Gasteiger partial charge in [-0.25, -0.2) is 9.59 Å². The standard InChI is InChI=1S/C47H65N7O16/c1-25(22-26(2)36(68-6)23-30-12-10-9-11-13-30)14-15-31-27(3)41(59)53-34(46(64)65)16-19-37(55)48-28(4)42(60)49-29(5)43(61)52-33(18-21-40(58)70-8)45(63)54-35(47(66)67)24-38(56)50-32(44(62)51-31)17-20-39(57)69-7/h9-15,22,26-27,29,31-36H,4,16-21,23-24H2,1-3,5-8H3,(H,48,55)(H,49,60)(H,50,56)(H,51,62)(H,52,61)(H,53,59)(H,54,63)(H,64,65)(H,66,67)/b15-14+,25-22+/t26-,27-,29+,31-,32-,33-,34+,35+,36-/m0/s1. The number of carboxylic acid groups (broad SMARTS) is 2. The lowest BCUT2D eigenvalue weighted by Gasteiger charge is -2.27. The van der Waals surface area contributed by atoms with Gasteiger partial charge in [-0.05, 0) is 45.1 Å². The summed E-state index contributed by atoms with van der Waals surface area (Å²) in [7, 11) is 3.74. The Morgan fingerprint density at radius 2 is 1.30 bits per heavy atom. The van der Waals surface area contributed by atoms with Crippen LogP contribution < -0.4 is 37.2 Å². The molecule has 0 spiro atoms. The molecule has 0 aromatic heterocycles. The minimum atomic E-state index is -2.00. The molecule has 70 heavy (non-hydrogen) atoms. The number of methoxy groups -OCH3 is 3. The molecule has 9 N–H and O–H groups in total. The van der Waals surface area contributed by atoms with Crippen molar-refractivity contribution in [2.45, 2.75) is 121 Å². The second-order valence-corrected chi connectivity index (χ2v) is 16.6. The molecule has 1 heterocycles. The highest BCUT2D eigenvalue weighted by Crippen LogP contribution is 2.18. The fraction of sp³-hybridized carbons (Fsp3) is 0.511. The van der Waals surface area contributed by atoms with Crippen molar-refractivity contribution in [1.82, 2.24) is 37.2 Å². The van der Waals surface area contributed by atoms with Gasteiger partial charge in [0.25, 0.3) is 5.91 Å². The summed E-state index contributed by atoms with van der Waals surface area (Å²) in [5, 5.41) is 36.4. The highest BCUT2D eigenvalue weighted by atomic mass is 16.5. The Morgan fingerprint density at radius 3 is 1.86 bits per heavy atom. The fourth-order valence-corrected chi connectivity index (χ4v) is 6.88. The third-order valence-electron chi connectivity index (χ3n) is 11.1. The molecule has 0 aliphatic carbocycles. The summed E-state index contributed by atoms with van der Waals surface area (Å²) in [5.74, 6) is -13.4. The first-order valence-electron chi connectivity index (χ1n) is 22.3. The minimum absolute atomic E-state index is 0.152. The summed E-state index contributed by atoms with van der Waals surface area (Å²) in [6.07, 6.45) is 1.51. The minimum Gasteiger partial charge on any atom is -0.480 e. The van der Waals surface area contributed by atoms with Crippen molar-refractivity contribution in [2.75, 3.05) is 21.3 Å². The van der Waals surface area contributed by atoms with Crippen LogP contribution in [0.2, 0.25) is 0 Å². The van der Waals surface area contributed by atoms with Gasteiger partial charge in [0.05, 0.1) is 44.4 Å². The lowest BCUT2D eigenvalue weighted by molar-refractivity contribution is -0.145. The molecule has 9 atom stereocenters. The molecule has 0 unspecified atom stereocenters. The zero-order valence-electron chi connectivity index (χ0n) is 40.3. The number of hydrogen-bond acceptors (Lipinski definition) is 14. The third kappa shape index (κ3) is 20.4. The van der Waals surface area contributed by atoms with Crippen molar-refractivity contribution in [3.05, 3.63) is 72.0 Å². The van der Waals surface area contributed by atoms with Gasteiger partial charge in [-0.2, -0.15) is 0 Å². The number of amides is 7. The number of rotatable bonds is 15. The van der Waals surface area contributed by atoms with Crippen LogP contribution >= 0.6 is 0 Å². The van der Waals surface area contributed by atoms with Crippen LogP contribution in [0.4, 0.5) is 0 Å². The number of nitrogens with one attached hydrogen (secondary N) is 7. The Labute approximate surface area is 405 Å². The number of carboxylic acids is 2. The van der Waals surface area contributed by atoms with Crippen LogP contribution in [-0.4, -0.2) is 139 Å². The summed E-state index contributed by atoms with van der Waals surface area (Å²) in [4.78, 5) is 143. The van der Waals surface area contributed by atoms with Gasteiger partial charge in [0.1, 0.15) is 30.2 Å². The molecule has 384 valence electrons. The Hall–Kier alpha value is -7.43. The van der Waals surface area contributed by atoms with Crippen LogP contribution in [0, 0.1) is 11.8 Å². The quantitative estimate of drug-likeness (QED) is 0.0626. The van der Waals surface area contributed by atoms with Crippen LogP contribution in [0.15, 0.2) is 66.4 Å². The van der Waals surface area contributed by atoms with Gasteiger partial charge in [-0.15, -0.1) is 0 Å². The van der Waals surface area contributed by atoms with Gasteiger partial charge in [0, 0.05) is 32.3 Å². The monoisotopic (exact) mass is 983 g/mol. The van der Waals surface area contributed by atoms with E-state index in [1.54, 1.807) is 20.1 Å². The van der Waals surface area contributed by atoms with Gasteiger partial charge in [0.15, 0.2) is 0 Å².